The summed E-state index contributed by atoms with van der Waals surface area (Å²) in [5, 5.41) is 4.00. The number of rotatable bonds is 8. The normalized spacial score (nSPS) is 10.6. The fourth-order valence-electron chi connectivity index (χ4n) is 2.77. The van der Waals surface area contributed by atoms with Crippen LogP contribution in [0.5, 0.6) is 17.2 Å². The Morgan fingerprint density at radius 2 is 1.75 bits per heavy atom. The molecule has 3 aromatic rings. The number of ether oxygens (including phenoxy) is 3. The van der Waals surface area contributed by atoms with E-state index < -0.39 is 11.9 Å². The lowest BCUT2D eigenvalue weighted by atomic mass is 10.2. The lowest BCUT2D eigenvalue weighted by Crippen LogP contribution is -2.18. The highest BCUT2D eigenvalue weighted by Gasteiger charge is 2.14. The minimum absolute atomic E-state index is 0.292. The van der Waals surface area contributed by atoms with E-state index in [1.807, 2.05) is 13.0 Å². The molecule has 0 unspecified atom stereocenters. The molecule has 3 rings (SSSR count). The number of hydrogen-bond donors (Lipinski definition) is 1. The molecule has 0 saturated carbocycles. The van der Waals surface area contributed by atoms with E-state index >= 15 is 0 Å². The maximum absolute atomic E-state index is 12.4. The highest BCUT2D eigenvalue weighted by Crippen LogP contribution is 2.29. The molecule has 0 aliphatic carbocycles. The first-order chi connectivity index (χ1) is 15.5. The van der Waals surface area contributed by atoms with Gasteiger partial charge in [0, 0.05) is 4.47 Å². The smallest absolute Gasteiger partial charge is 0.343 e. The highest BCUT2D eigenvalue weighted by atomic mass is 79.9. The third-order valence-corrected chi connectivity index (χ3v) is 4.76. The van der Waals surface area contributed by atoms with Crippen LogP contribution in [0.1, 0.15) is 33.2 Å². The van der Waals surface area contributed by atoms with Crippen molar-refractivity contribution in [2.24, 2.45) is 5.10 Å². The Balaban J connectivity index is 1.72. The van der Waals surface area contributed by atoms with E-state index in [1.54, 1.807) is 60.7 Å². The van der Waals surface area contributed by atoms with Crippen LogP contribution in [0.15, 0.2) is 76.3 Å². The molecule has 0 radical (unpaired) electrons. The van der Waals surface area contributed by atoms with Gasteiger partial charge in [0.25, 0.3) is 5.91 Å². The molecular formula is C24H21BrN2O5. The molecule has 8 heteroatoms. The first-order valence-electron chi connectivity index (χ1n) is 9.72. The molecule has 0 atom stereocenters. The van der Waals surface area contributed by atoms with Gasteiger partial charge in [0.15, 0.2) is 11.5 Å². The van der Waals surface area contributed by atoms with Gasteiger partial charge < -0.3 is 14.2 Å². The summed E-state index contributed by atoms with van der Waals surface area (Å²) >= 11 is 3.34. The minimum atomic E-state index is -0.483. The zero-order valence-corrected chi connectivity index (χ0v) is 19.1. The molecule has 3 aromatic carbocycles. The maximum Gasteiger partial charge on any atom is 0.343 e. The second-order valence-electron chi connectivity index (χ2n) is 6.44. The first kappa shape index (κ1) is 23.0. The molecule has 0 spiro atoms. The number of esters is 1. The number of carbonyl (C=O) groups is 2. The van der Waals surface area contributed by atoms with Gasteiger partial charge in [-0.25, -0.2) is 10.2 Å². The predicted octanol–water partition coefficient (Wildman–Crippen LogP) is 4.84. The molecular weight excluding hydrogens is 476 g/mol. The monoisotopic (exact) mass is 496 g/mol. The Labute approximate surface area is 194 Å². The summed E-state index contributed by atoms with van der Waals surface area (Å²) in [7, 11) is 1.49. The number of carbonyl (C=O) groups excluding carboxylic acids is 2. The van der Waals surface area contributed by atoms with Gasteiger partial charge in [-0.15, -0.1) is 0 Å². The topological polar surface area (TPSA) is 86.2 Å². The fourth-order valence-corrected chi connectivity index (χ4v) is 3.14. The second kappa shape index (κ2) is 11.1. The van der Waals surface area contributed by atoms with Gasteiger partial charge in [-0.3, -0.25) is 4.79 Å². The zero-order valence-electron chi connectivity index (χ0n) is 17.5. The minimum Gasteiger partial charge on any atom is -0.496 e. The average molecular weight is 497 g/mol. The lowest BCUT2D eigenvalue weighted by Gasteiger charge is -2.11. The Bertz CT molecular complexity index is 1130. The van der Waals surface area contributed by atoms with Crippen LogP contribution in [-0.4, -0.2) is 31.8 Å². The van der Waals surface area contributed by atoms with Crippen LogP contribution in [0, 0.1) is 0 Å². The number of nitrogens with zero attached hydrogens (tertiary/aromatic N) is 1. The number of hydrazone groups is 1. The highest BCUT2D eigenvalue weighted by molar-refractivity contribution is 9.10. The summed E-state index contributed by atoms with van der Waals surface area (Å²) in [6, 6.07) is 18.8. The zero-order chi connectivity index (χ0) is 22.9. The van der Waals surface area contributed by atoms with Gasteiger partial charge in [-0.05, 0) is 61.0 Å². The van der Waals surface area contributed by atoms with Gasteiger partial charge in [0.2, 0.25) is 0 Å². The van der Waals surface area contributed by atoms with E-state index in [4.69, 9.17) is 14.2 Å². The Kier molecular flexibility index (Phi) is 7.99. The van der Waals surface area contributed by atoms with E-state index in [1.165, 1.54) is 13.3 Å². The van der Waals surface area contributed by atoms with Crippen LogP contribution < -0.4 is 19.6 Å². The van der Waals surface area contributed by atoms with Gasteiger partial charge in [-0.1, -0.05) is 34.1 Å². The Hall–Kier alpha value is -3.65. The van der Waals surface area contributed by atoms with Gasteiger partial charge in [0.1, 0.15) is 5.75 Å². The first-order valence-corrected chi connectivity index (χ1v) is 10.5. The van der Waals surface area contributed by atoms with E-state index in [0.29, 0.717) is 40.5 Å². The quantitative estimate of drug-likeness (QED) is 0.208. The van der Waals surface area contributed by atoms with Crippen LogP contribution in [0.2, 0.25) is 0 Å². The van der Waals surface area contributed by atoms with Crippen LogP contribution in [0.25, 0.3) is 0 Å². The number of methoxy groups -OCH3 is 1. The number of benzene rings is 3. The predicted molar refractivity (Wildman–Crippen MR) is 125 cm³/mol. The Morgan fingerprint density at radius 1 is 1.00 bits per heavy atom. The number of amides is 1. The fraction of sp³-hybridized carbons (Fsp3) is 0.125. The van der Waals surface area contributed by atoms with Gasteiger partial charge >= 0.3 is 5.97 Å². The van der Waals surface area contributed by atoms with Crippen molar-refractivity contribution in [3.05, 3.63) is 87.9 Å². The molecule has 32 heavy (non-hydrogen) atoms. The lowest BCUT2D eigenvalue weighted by molar-refractivity contribution is 0.0728. The standard InChI is InChI=1S/C24H21BrN2O5/c1-3-31-22-13-16(9-11-21(22)32-24(29)17-7-5-4-6-8-17)15-26-27-23(28)19-14-18(25)10-12-20(19)30-2/h4-15H,3H2,1-2H3,(H,27,28)/b26-15-. The van der Waals surface area contributed by atoms with Crippen molar-refractivity contribution in [1.82, 2.24) is 5.43 Å². The summed E-state index contributed by atoms with van der Waals surface area (Å²) in [6.07, 6.45) is 1.47. The van der Waals surface area contributed by atoms with E-state index in [9.17, 15) is 9.59 Å². The molecule has 0 aliphatic heterocycles. The molecule has 7 nitrogen and oxygen atoms in total. The molecule has 1 N–H and O–H groups in total. The molecule has 0 saturated heterocycles. The van der Waals surface area contributed by atoms with Crippen molar-refractivity contribution in [1.29, 1.82) is 0 Å². The maximum atomic E-state index is 12.4. The summed E-state index contributed by atoms with van der Waals surface area (Å²) in [5.41, 5.74) is 3.90. The van der Waals surface area contributed by atoms with Crippen LogP contribution >= 0.6 is 15.9 Å². The molecule has 1 amide bonds. The average Bonchev–Trinajstić information content (AvgIpc) is 2.81. The van der Waals surface area contributed by atoms with Crippen LogP contribution in [0.3, 0.4) is 0 Å². The molecule has 0 bridgehead atoms. The van der Waals surface area contributed by atoms with Gasteiger partial charge in [0.05, 0.1) is 31.1 Å². The molecule has 0 heterocycles. The number of nitrogens with one attached hydrogen (secondary N) is 1. The summed E-state index contributed by atoms with van der Waals surface area (Å²) < 4.78 is 17.0. The molecule has 0 aromatic heterocycles. The van der Waals surface area contributed by atoms with Crippen molar-refractivity contribution < 1.29 is 23.8 Å². The Morgan fingerprint density at radius 3 is 2.47 bits per heavy atom. The summed E-state index contributed by atoms with van der Waals surface area (Å²) in [4.78, 5) is 24.8. The van der Waals surface area contributed by atoms with Crippen molar-refractivity contribution in [3.63, 3.8) is 0 Å². The van der Waals surface area contributed by atoms with Gasteiger partial charge in [-0.2, -0.15) is 5.10 Å². The summed E-state index contributed by atoms with van der Waals surface area (Å²) in [5.74, 6) is 0.214. The molecule has 0 aliphatic rings. The van der Waals surface area contributed by atoms with E-state index in [2.05, 4.69) is 26.5 Å². The van der Waals surface area contributed by atoms with Crippen molar-refractivity contribution in [2.45, 2.75) is 6.92 Å². The molecule has 164 valence electrons. The van der Waals surface area contributed by atoms with E-state index in [0.717, 1.165) is 4.47 Å². The third kappa shape index (κ3) is 5.95. The third-order valence-electron chi connectivity index (χ3n) is 4.27. The number of halogens is 1. The van der Waals surface area contributed by atoms with Crippen molar-refractivity contribution >= 4 is 34.0 Å². The van der Waals surface area contributed by atoms with Crippen LogP contribution in [0.4, 0.5) is 0 Å². The molecule has 0 fully saturated rings. The number of hydrogen-bond acceptors (Lipinski definition) is 6. The SMILES string of the molecule is CCOc1cc(/C=N\NC(=O)c2cc(Br)ccc2OC)ccc1OC(=O)c1ccccc1. The van der Waals surface area contributed by atoms with Crippen LogP contribution in [-0.2, 0) is 0 Å². The second-order valence-corrected chi connectivity index (χ2v) is 7.35. The largest absolute Gasteiger partial charge is 0.496 e. The van der Waals surface area contributed by atoms with Crippen molar-refractivity contribution in [3.8, 4) is 17.2 Å². The summed E-state index contributed by atoms with van der Waals surface area (Å²) in [6.45, 7) is 2.21. The van der Waals surface area contributed by atoms with E-state index in [-0.39, 0.29) is 0 Å². The van der Waals surface area contributed by atoms with Crippen molar-refractivity contribution in [2.75, 3.05) is 13.7 Å².